The van der Waals surface area contributed by atoms with Crippen LogP contribution in [0.3, 0.4) is 0 Å². The molecule has 25 heavy (non-hydrogen) atoms. The number of hydrogen-bond donors (Lipinski definition) is 0. The molecule has 0 N–H and O–H groups in total. The summed E-state index contributed by atoms with van der Waals surface area (Å²) < 4.78 is 1.42. The lowest BCUT2D eigenvalue weighted by Gasteiger charge is -2.31. The summed E-state index contributed by atoms with van der Waals surface area (Å²) in [5.74, 6) is 0.547. The molecule has 0 radical (unpaired) electrons. The van der Waals surface area contributed by atoms with Gasteiger partial charge >= 0.3 is 0 Å². The summed E-state index contributed by atoms with van der Waals surface area (Å²) in [6.07, 6.45) is 2.28. The number of nitrogens with zero attached hydrogens (tertiary/aromatic N) is 4. The molecule has 4 rings (SSSR count). The molecule has 0 amide bonds. The Bertz CT molecular complexity index is 989. The summed E-state index contributed by atoms with van der Waals surface area (Å²) >= 11 is 1.50. The van der Waals surface area contributed by atoms with Crippen molar-refractivity contribution < 1.29 is 0 Å². The predicted octanol–water partition coefficient (Wildman–Crippen LogP) is 3.54. The largest absolute Gasteiger partial charge is 0.364 e. The maximum Gasteiger partial charge on any atom is 0.275 e. The minimum atomic E-state index is -0.106. The van der Waals surface area contributed by atoms with Gasteiger partial charge in [0.15, 0.2) is 0 Å². The van der Waals surface area contributed by atoms with E-state index in [9.17, 15) is 4.79 Å². The molecule has 2 aromatic heterocycles. The number of aryl methyl sites for hydroxylation is 2. The van der Waals surface area contributed by atoms with Gasteiger partial charge in [0.05, 0.1) is 6.54 Å². The lowest BCUT2D eigenvalue weighted by Crippen LogP contribution is -2.29. The van der Waals surface area contributed by atoms with Crippen molar-refractivity contribution in [2.45, 2.75) is 46.1 Å². The number of anilines is 1. The van der Waals surface area contributed by atoms with Gasteiger partial charge in [0.1, 0.15) is 5.01 Å². The molecular formula is C19H22N4OS. The zero-order chi connectivity index (χ0) is 17.6. The van der Waals surface area contributed by atoms with Crippen molar-refractivity contribution in [2.75, 3.05) is 11.4 Å². The van der Waals surface area contributed by atoms with E-state index in [1.807, 2.05) is 6.92 Å². The van der Waals surface area contributed by atoms with Crippen LogP contribution in [0.25, 0.3) is 4.96 Å². The van der Waals surface area contributed by atoms with E-state index in [0.29, 0.717) is 10.9 Å². The Morgan fingerprint density at radius 2 is 2.12 bits per heavy atom. The summed E-state index contributed by atoms with van der Waals surface area (Å²) in [5, 5.41) is 5.41. The number of fused-ring (bicyclic) bond motifs is 2. The molecule has 0 fully saturated rings. The fraction of sp³-hybridized carbons (Fsp3) is 0.421. The first-order chi connectivity index (χ1) is 12.0. The van der Waals surface area contributed by atoms with Crippen LogP contribution >= 0.6 is 11.3 Å². The van der Waals surface area contributed by atoms with Crippen molar-refractivity contribution in [3.05, 3.63) is 56.4 Å². The van der Waals surface area contributed by atoms with E-state index in [0.717, 1.165) is 36.6 Å². The normalized spacial score (nSPS) is 14.3. The molecule has 3 heterocycles. The lowest BCUT2D eigenvalue weighted by atomic mass is 9.95. The summed E-state index contributed by atoms with van der Waals surface area (Å²) in [7, 11) is 0. The lowest BCUT2D eigenvalue weighted by molar-refractivity contribution is 0.680. The van der Waals surface area contributed by atoms with Crippen LogP contribution in [0.5, 0.6) is 0 Å². The van der Waals surface area contributed by atoms with Crippen LogP contribution in [0.2, 0.25) is 0 Å². The molecule has 0 atom stereocenters. The van der Waals surface area contributed by atoms with Crippen LogP contribution in [0.1, 0.15) is 48.0 Å². The number of aromatic nitrogens is 3. The van der Waals surface area contributed by atoms with Crippen LogP contribution in [-0.4, -0.2) is 21.1 Å². The van der Waals surface area contributed by atoms with E-state index in [2.05, 4.69) is 47.0 Å². The van der Waals surface area contributed by atoms with Gasteiger partial charge in [0.2, 0.25) is 4.96 Å². The van der Waals surface area contributed by atoms with Crippen molar-refractivity contribution in [2.24, 2.45) is 0 Å². The molecule has 0 bridgehead atoms. The van der Waals surface area contributed by atoms with Crippen LogP contribution in [0.4, 0.5) is 5.69 Å². The highest BCUT2D eigenvalue weighted by Crippen LogP contribution is 2.31. The maximum absolute atomic E-state index is 12.1. The van der Waals surface area contributed by atoms with Gasteiger partial charge in [-0.05, 0) is 42.9 Å². The van der Waals surface area contributed by atoms with Crippen molar-refractivity contribution in [3.63, 3.8) is 0 Å². The van der Waals surface area contributed by atoms with E-state index >= 15 is 0 Å². The van der Waals surface area contributed by atoms with E-state index < -0.39 is 0 Å². The van der Waals surface area contributed by atoms with Gasteiger partial charge in [-0.25, -0.2) is 4.98 Å². The van der Waals surface area contributed by atoms with Crippen molar-refractivity contribution in [1.82, 2.24) is 14.6 Å². The van der Waals surface area contributed by atoms with Crippen LogP contribution in [0.15, 0.2) is 29.1 Å². The molecule has 0 spiro atoms. The van der Waals surface area contributed by atoms with Crippen molar-refractivity contribution in [3.8, 4) is 0 Å². The van der Waals surface area contributed by atoms with Gasteiger partial charge in [0.25, 0.3) is 5.56 Å². The summed E-state index contributed by atoms with van der Waals surface area (Å²) in [6, 6.07) is 8.35. The molecule has 3 aromatic rings. The topological polar surface area (TPSA) is 50.5 Å². The number of hydrogen-bond acceptors (Lipinski definition) is 5. The van der Waals surface area contributed by atoms with Crippen LogP contribution in [0, 0.1) is 6.92 Å². The Labute approximate surface area is 151 Å². The Balaban J connectivity index is 1.66. The zero-order valence-electron chi connectivity index (χ0n) is 14.8. The highest BCUT2D eigenvalue weighted by molar-refractivity contribution is 7.16. The summed E-state index contributed by atoms with van der Waals surface area (Å²) in [6.45, 7) is 8.05. The van der Waals surface area contributed by atoms with E-state index in [-0.39, 0.29) is 5.56 Å². The summed E-state index contributed by atoms with van der Waals surface area (Å²) in [5.41, 5.74) is 4.75. The van der Waals surface area contributed by atoms with Crippen molar-refractivity contribution in [1.29, 1.82) is 0 Å². The van der Waals surface area contributed by atoms with E-state index in [4.69, 9.17) is 0 Å². The minimum Gasteiger partial charge on any atom is -0.364 e. The third-order valence-electron chi connectivity index (χ3n) is 4.73. The minimum absolute atomic E-state index is 0.106. The average Bonchev–Trinajstić information content (AvgIpc) is 2.97. The Morgan fingerprint density at radius 3 is 2.92 bits per heavy atom. The van der Waals surface area contributed by atoms with Gasteiger partial charge in [-0.15, -0.1) is 0 Å². The SMILES string of the molecule is Cc1cc(=O)n2nc(CN3CCCc4cc(C(C)C)ccc43)sc2n1. The van der Waals surface area contributed by atoms with Gasteiger partial charge in [-0.2, -0.15) is 9.61 Å². The third kappa shape index (κ3) is 3.06. The highest BCUT2D eigenvalue weighted by Gasteiger charge is 2.19. The zero-order valence-corrected chi connectivity index (χ0v) is 15.6. The molecule has 6 heteroatoms. The fourth-order valence-corrected chi connectivity index (χ4v) is 4.37. The third-order valence-corrected chi connectivity index (χ3v) is 5.62. The Kier molecular flexibility index (Phi) is 4.07. The molecule has 1 aliphatic heterocycles. The van der Waals surface area contributed by atoms with Crippen molar-refractivity contribution >= 4 is 22.0 Å². The van der Waals surface area contributed by atoms with Crippen LogP contribution in [-0.2, 0) is 13.0 Å². The monoisotopic (exact) mass is 354 g/mol. The quantitative estimate of drug-likeness (QED) is 0.722. The molecule has 1 aliphatic rings. The Morgan fingerprint density at radius 1 is 1.28 bits per heavy atom. The molecule has 5 nitrogen and oxygen atoms in total. The van der Waals surface area contributed by atoms with Crippen LogP contribution < -0.4 is 10.5 Å². The average molecular weight is 354 g/mol. The van der Waals surface area contributed by atoms with Gasteiger partial charge in [-0.1, -0.05) is 37.3 Å². The maximum atomic E-state index is 12.1. The first-order valence-electron chi connectivity index (χ1n) is 8.75. The summed E-state index contributed by atoms with van der Waals surface area (Å²) in [4.78, 5) is 19.5. The molecular weight excluding hydrogens is 332 g/mol. The standard InChI is InChI=1S/C19H22N4OS/c1-12(2)14-6-7-16-15(10-14)5-4-8-22(16)11-17-21-23-18(24)9-13(3)20-19(23)25-17/h6-7,9-10,12H,4-5,8,11H2,1-3H3. The van der Waals surface area contributed by atoms with Gasteiger partial charge in [-0.3, -0.25) is 4.79 Å². The van der Waals surface area contributed by atoms with Gasteiger partial charge in [0, 0.05) is 24.0 Å². The highest BCUT2D eigenvalue weighted by atomic mass is 32.1. The second-order valence-electron chi connectivity index (χ2n) is 6.99. The smallest absolute Gasteiger partial charge is 0.275 e. The number of rotatable bonds is 3. The predicted molar refractivity (Wildman–Crippen MR) is 102 cm³/mol. The molecule has 0 unspecified atom stereocenters. The molecule has 0 saturated carbocycles. The first-order valence-corrected chi connectivity index (χ1v) is 9.57. The van der Waals surface area contributed by atoms with E-state index in [1.165, 1.54) is 38.7 Å². The second-order valence-corrected chi connectivity index (χ2v) is 8.03. The molecule has 0 aliphatic carbocycles. The van der Waals surface area contributed by atoms with Gasteiger partial charge < -0.3 is 4.90 Å². The number of benzene rings is 1. The molecule has 0 saturated heterocycles. The van der Waals surface area contributed by atoms with E-state index in [1.54, 1.807) is 0 Å². The molecule has 1 aromatic carbocycles. The fourth-order valence-electron chi connectivity index (χ4n) is 3.41. The molecule has 130 valence electrons. The first kappa shape index (κ1) is 16.3. The second kappa shape index (κ2) is 6.26. The Hall–Kier alpha value is -2.21.